The second-order valence-electron chi connectivity index (χ2n) is 4.22. The molecule has 1 aliphatic carbocycles. The van der Waals surface area contributed by atoms with Crippen LogP contribution in [0.1, 0.15) is 25.8 Å². The Kier molecular flexibility index (Phi) is 2.70. The van der Waals surface area contributed by atoms with Gasteiger partial charge >= 0.3 is 0 Å². The lowest BCUT2D eigenvalue weighted by molar-refractivity contribution is 0.527. The van der Waals surface area contributed by atoms with Crippen LogP contribution in [0, 0.1) is 5.92 Å². The number of thiophene rings is 1. The van der Waals surface area contributed by atoms with Gasteiger partial charge in [0.2, 0.25) is 0 Å². The average Bonchev–Trinajstić information content (AvgIpc) is 2.61. The fourth-order valence-electron chi connectivity index (χ4n) is 1.74. The molecule has 3 unspecified atom stereocenters. The first-order valence-electron chi connectivity index (χ1n) is 5.03. The van der Waals surface area contributed by atoms with E-state index in [4.69, 9.17) is 0 Å². The average molecular weight is 195 g/mol. The third-order valence-corrected chi connectivity index (χ3v) is 3.46. The molecule has 1 N–H and O–H groups in total. The number of hydrogen-bond acceptors (Lipinski definition) is 2. The zero-order valence-corrected chi connectivity index (χ0v) is 9.10. The second kappa shape index (κ2) is 3.81. The molecule has 1 nitrogen and oxygen atoms in total. The molecule has 72 valence electrons. The summed E-state index contributed by atoms with van der Waals surface area (Å²) in [6.45, 7) is 4.59. The highest BCUT2D eigenvalue weighted by atomic mass is 32.1. The highest BCUT2D eigenvalue weighted by Crippen LogP contribution is 2.29. The molecule has 0 aliphatic heterocycles. The highest BCUT2D eigenvalue weighted by Gasteiger charge is 2.32. The Morgan fingerprint density at radius 3 is 3.00 bits per heavy atom. The van der Waals surface area contributed by atoms with Gasteiger partial charge in [0.15, 0.2) is 0 Å². The normalized spacial score (nSPS) is 28.8. The minimum Gasteiger partial charge on any atom is -0.311 e. The van der Waals surface area contributed by atoms with Crippen molar-refractivity contribution in [2.45, 2.75) is 38.8 Å². The molecule has 1 aliphatic rings. The lowest BCUT2D eigenvalue weighted by Gasteiger charge is -2.12. The van der Waals surface area contributed by atoms with Crippen LogP contribution < -0.4 is 5.32 Å². The van der Waals surface area contributed by atoms with E-state index in [9.17, 15) is 0 Å². The van der Waals surface area contributed by atoms with E-state index in [0.717, 1.165) is 12.0 Å². The molecule has 1 fully saturated rings. The largest absolute Gasteiger partial charge is 0.311 e. The molecular formula is C11H17NS. The smallest absolute Gasteiger partial charge is 0.00989 e. The summed E-state index contributed by atoms with van der Waals surface area (Å²) in [6, 6.07) is 3.65. The summed E-state index contributed by atoms with van der Waals surface area (Å²) in [7, 11) is 0. The van der Waals surface area contributed by atoms with Crippen molar-refractivity contribution in [2.24, 2.45) is 5.92 Å². The summed E-state index contributed by atoms with van der Waals surface area (Å²) in [4.78, 5) is 0. The van der Waals surface area contributed by atoms with Gasteiger partial charge in [-0.25, -0.2) is 0 Å². The maximum Gasteiger partial charge on any atom is 0.00989 e. The van der Waals surface area contributed by atoms with Crippen molar-refractivity contribution in [2.75, 3.05) is 0 Å². The van der Waals surface area contributed by atoms with Crippen molar-refractivity contribution in [3.63, 3.8) is 0 Å². The summed E-state index contributed by atoms with van der Waals surface area (Å²) < 4.78 is 0. The topological polar surface area (TPSA) is 12.0 Å². The summed E-state index contributed by atoms with van der Waals surface area (Å²) in [6.07, 6.45) is 2.54. The third-order valence-electron chi connectivity index (χ3n) is 2.73. The van der Waals surface area contributed by atoms with E-state index in [1.807, 2.05) is 0 Å². The van der Waals surface area contributed by atoms with Gasteiger partial charge in [-0.05, 0) is 48.1 Å². The Bertz CT molecular complexity index is 255. The molecule has 0 aromatic carbocycles. The van der Waals surface area contributed by atoms with Crippen LogP contribution in [-0.4, -0.2) is 12.1 Å². The van der Waals surface area contributed by atoms with Crippen LogP contribution in [0.3, 0.4) is 0 Å². The van der Waals surface area contributed by atoms with E-state index in [-0.39, 0.29) is 0 Å². The van der Waals surface area contributed by atoms with Crippen LogP contribution >= 0.6 is 11.3 Å². The molecular weight excluding hydrogens is 178 g/mol. The zero-order valence-electron chi connectivity index (χ0n) is 8.29. The second-order valence-corrected chi connectivity index (χ2v) is 5.00. The fraction of sp³-hybridized carbons (Fsp3) is 0.636. The van der Waals surface area contributed by atoms with Crippen molar-refractivity contribution in [3.8, 4) is 0 Å². The first-order valence-corrected chi connectivity index (χ1v) is 5.97. The standard InChI is InChI=1S/C11H17NS/c1-8-5-11(8)12-9(2)6-10-3-4-13-7-10/h3-4,7-9,11-12H,5-6H2,1-2H3. The predicted molar refractivity (Wildman–Crippen MR) is 58.2 cm³/mol. The van der Waals surface area contributed by atoms with Crippen LogP contribution in [0.2, 0.25) is 0 Å². The lowest BCUT2D eigenvalue weighted by Crippen LogP contribution is -2.30. The number of rotatable bonds is 4. The molecule has 2 heteroatoms. The van der Waals surface area contributed by atoms with Crippen LogP contribution in [0.15, 0.2) is 16.8 Å². The van der Waals surface area contributed by atoms with Crippen molar-refractivity contribution in [1.29, 1.82) is 0 Å². The monoisotopic (exact) mass is 195 g/mol. The minimum atomic E-state index is 0.629. The van der Waals surface area contributed by atoms with Crippen LogP contribution in [0.5, 0.6) is 0 Å². The summed E-state index contributed by atoms with van der Waals surface area (Å²) in [5, 5.41) is 8.05. The molecule has 1 aromatic heterocycles. The summed E-state index contributed by atoms with van der Waals surface area (Å²) in [5.41, 5.74) is 1.47. The zero-order chi connectivity index (χ0) is 9.26. The molecule has 0 bridgehead atoms. The predicted octanol–water partition coefficient (Wildman–Crippen LogP) is 2.68. The lowest BCUT2D eigenvalue weighted by atomic mass is 10.1. The van der Waals surface area contributed by atoms with Crippen molar-refractivity contribution < 1.29 is 0 Å². The van der Waals surface area contributed by atoms with Crippen LogP contribution in [0.25, 0.3) is 0 Å². The highest BCUT2D eigenvalue weighted by molar-refractivity contribution is 7.07. The van der Waals surface area contributed by atoms with Crippen molar-refractivity contribution in [1.82, 2.24) is 5.32 Å². The van der Waals surface area contributed by atoms with Gasteiger partial charge in [-0.1, -0.05) is 6.92 Å². The van der Waals surface area contributed by atoms with E-state index < -0.39 is 0 Å². The molecule has 13 heavy (non-hydrogen) atoms. The first kappa shape index (κ1) is 9.22. The van der Waals surface area contributed by atoms with Gasteiger partial charge in [0.05, 0.1) is 0 Å². The fourth-order valence-corrected chi connectivity index (χ4v) is 2.42. The molecule has 0 spiro atoms. The van der Waals surface area contributed by atoms with Gasteiger partial charge in [-0.15, -0.1) is 0 Å². The Morgan fingerprint density at radius 1 is 1.69 bits per heavy atom. The Balaban J connectivity index is 1.75. The molecule has 1 heterocycles. The van der Waals surface area contributed by atoms with Gasteiger partial charge in [-0.3, -0.25) is 0 Å². The van der Waals surface area contributed by atoms with E-state index in [1.54, 1.807) is 11.3 Å². The Morgan fingerprint density at radius 2 is 2.46 bits per heavy atom. The molecule has 0 radical (unpaired) electrons. The van der Waals surface area contributed by atoms with E-state index in [1.165, 1.54) is 18.4 Å². The third kappa shape index (κ3) is 2.55. The maximum absolute atomic E-state index is 3.65. The molecule has 2 rings (SSSR count). The van der Waals surface area contributed by atoms with Gasteiger partial charge in [-0.2, -0.15) is 11.3 Å². The van der Waals surface area contributed by atoms with E-state index in [2.05, 4.69) is 36.0 Å². The van der Waals surface area contributed by atoms with E-state index in [0.29, 0.717) is 6.04 Å². The van der Waals surface area contributed by atoms with Gasteiger partial charge < -0.3 is 5.32 Å². The molecule has 0 saturated heterocycles. The Hall–Kier alpha value is -0.340. The van der Waals surface area contributed by atoms with Gasteiger partial charge in [0, 0.05) is 12.1 Å². The summed E-state index contributed by atoms with van der Waals surface area (Å²) in [5.74, 6) is 0.907. The SMILES string of the molecule is CC(Cc1ccsc1)NC1CC1C. The molecule has 1 aromatic rings. The van der Waals surface area contributed by atoms with Gasteiger partial charge in [0.1, 0.15) is 0 Å². The maximum atomic E-state index is 3.65. The molecule has 0 amide bonds. The van der Waals surface area contributed by atoms with Gasteiger partial charge in [0.25, 0.3) is 0 Å². The quantitative estimate of drug-likeness (QED) is 0.779. The summed E-state index contributed by atoms with van der Waals surface area (Å²) >= 11 is 1.79. The van der Waals surface area contributed by atoms with E-state index >= 15 is 0 Å². The molecule has 3 atom stereocenters. The first-order chi connectivity index (χ1) is 6.25. The van der Waals surface area contributed by atoms with Crippen molar-refractivity contribution in [3.05, 3.63) is 22.4 Å². The minimum absolute atomic E-state index is 0.629. The van der Waals surface area contributed by atoms with Crippen molar-refractivity contribution >= 4 is 11.3 Å². The number of hydrogen-bond donors (Lipinski definition) is 1. The number of nitrogens with one attached hydrogen (secondary N) is 1. The molecule has 1 saturated carbocycles. The Labute approximate surface area is 84.2 Å². The van der Waals surface area contributed by atoms with Crippen LogP contribution in [-0.2, 0) is 6.42 Å². The van der Waals surface area contributed by atoms with Crippen LogP contribution in [0.4, 0.5) is 0 Å².